The van der Waals surface area contributed by atoms with Crippen molar-refractivity contribution in [3.05, 3.63) is 23.6 Å². The summed E-state index contributed by atoms with van der Waals surface area (Å²) in [6, 6.07) is 1.54. The molecule has 0 saturated heterocycles. The summed E-state index contributed by atoms with van der Waals surface area (Å²) in [7, 11) is 0. The minimum absolute atomic E-state index is 0.0184. The molecule has 5 heteroatoms. The van der Waals surface area contributed by atoms with E-state index in [0.717, 1.165) is 0 Å². The van der Waals surface area contributed by atoms with Crippen LogP contribution in [-0.2, 0) is 11.3 Å². The van der Waals surface area contributed by atoms with E-state index in [2.05, 4.69) is 4.98 Å². The highest BCUT2D eigenvalue weighted by atomic mass is 19.1. The third kappa shape index (κ3) is 3.43. The van der Waals surface area contributed by atoms with Crippen LogP contribution in [0.4, 0.5) is 4.39 Å². The van der Waals surface area contributed by atoms with Gasteiger partial charge >= 0.3 is 0 Å². The van der Waals surface area contributed by atoms with Crippen LogP contribution in [0.5, 0.6) is 5.88 Å². The summed E-state index contributed by atoms with van der Waals surface area (Å²) < 4.78 is 24.1. The number of hydrogen-bond acceptors (Lipinski definition) is 4. The van der Waals surface area contributed by atoms with Crippen LogP contribution in [0.3, 0.4) is 0 Å². The molecule has 1 atom stereocenters. The van der Waals surface area contributed by atoms with Crippen molar-refractivity contribution in [3.63, 3.8) is 0 Å². The van der Waals surface area contributed by atoms with E-state index in [1.807, 2.05) is 6.92 Å². The van der Waals surface area contributed by atoms with Crippen LogP contribution in [0.15, 0.2) is 12.3 Å². The van der Waals surface area contributed by atoms with E-state index in [1.165, 1.54) is 12.3 Å². The molecule has 0 radical (unpaired) electrons. The molecule has 0 amide bonds. The highest BCUT2D eigenvalue weighted by Crippen LogP contribution is 2.18. The summed E-state index contributed by atoms with van der Waals surface area (Å²) in [5.41, 5.74) is 5.78. The maximum absolute atomic E-state index is 13.6. The molecule has 16 heavy (non-hydrogen) atoms. The molecular formula is C11H17FN2O2. The van der Waals surface area contributed by atoms with E-state index in [1.54, 1.807) is 6.92 Å². The zero-order chi connectivity index (χ0) is 12.0. The molecule has 1 unspecified atom stereocenters. The zero-order valence-electron chi connectivity index (χ0n) is 9.57. The smallest absolute Gasteiger partial charge is 0.251 e. The van der Waals surface area contributed by atoms with Crippen LogP contribution in [0.25, 0.3) is 0 Å². The lowest BCUT2D eigenvalue weighted by Gasteiger charge is -2.14. The number of pyridine rings is 1. The van der Waals surface area contributed by atoms with Crippen molar-refractivity contribution in [1.82, 2.24) is 4.98 Å². The Morgan fingerprint density at radius 2 is 2.31 bits per heavy atom. The largest absolute Gasteiger partial charge is 0.470 e. The van der Waals surface area contributed by atoms with Gasteiger partial charge in [-0.05, 0) is 19.9 Å². The van der Waals surface area contributed by atoms with Gasteiger partial charge in [0.2, 0.25) is 0 Å². The van der Waals surface area contributed by atoms with Crippen LogP contribution >= 0.6 is 0 Å². The Bertz CT molecular complexity index is 334. The number of aromatic nitrogens is 1. The van der Waals surface area contributed by atoms with E-state index in [4.69, 9.17) is 15.2 Å². The van der Waals surface area contributed by atoms with E-state index in [9.17, 15) is 4.39 Å². The van der Waals surface area contributed by atoms with Crippen molar-refractivity contribution < 1.29 is 13.9 Å². The number of halogens is 1. The number of nitrogens with zero attached hydrogens (tertiary/aromatic N) is 1. The van der Waals surface area contributed by atoms with Gasteiger partial charge in [0.25, 0.3) is 5.88 Å². The molecule has 4 nitrogen and oxygen atoms in total. The summed E-state index contributed by atoms with van der Waals surface area (Å²) in [6.07, 6.45) is 1.24. The van der Waals surface area contributed by atoms with E-state index >= 15 is 0 Å². The first kappa shape index (κ1) is 12.9. The van der Waals surface area contributed by atoms with Crippen LogP contribution in [0.1, 0.15) is 19.4 Å². The van der Waals surface area contributed by atoms with Gasteiger partial charge in [-0.1, -0.05) is 0 Å². The van der Waals surface area contributed by atoms with Gasteiger partial charge in [-0.2, -0.15) is 0 Å². The van der Waals surface area contributed by atoms with Crippen molar-refractivity contribution in [2.24, 2.45) is 5.73 Å². The Labute approximate surface area is 94.6 Å². The van der Waals surface area contributed by atoms with Gasteiger partial charge in [-0.15, -0.1) is 0 Å². The molecule has 0 fully saturated rings. The van der Waals surface area contributed by atoms with Gasteiger partial charge in [0.05, 0.1) is 6.61 Å². The lowest BCUT2D eigenvalue weighted by atomic mass is 10.2. The maximum Gasteiger partial charge on any atom is 0.251 e. The fourth-order valence-corrected chi connectivity index (χ4v) is 1.21. The minimum atomic E-state index is -0.492. The van der Waals surface area contributed by atoms with E-state index < -0.39 is 5.82 Å². The predicted molar refractivity (Wildman–Crippen MR) is 58.7 cm³/mol. The first-order chi connectivity index (χ1) is 7.69. The summed E-state index contributed by atoms with van der Waals surface area (Å²) in [5.74, 6) is -0.511. The first-order valence-corrected chi connectivity index (χ1v) is 5.26. The molecule has 0 aliphatic carbocycles. The summed E-state index contributed by atoms with van der Waals surface area (Å²) in [4.78, 5) is 3.83. The van der Waals surface area contributed by atoms with Gasteiger partial charge in [0.1, 0.15) is 6.10 Å². The lowest BCUT2D eigenvalue weighted by Crippen LogP contribution is -2.20. The molecule has 1 aromatic rings. The fourth-order valence-electron chi connectivity index (χ4n) is 1.21. The highest BCUT2D eigenvalue weighted by Gasteiger charge is 2.12. The van der Waals surface area contributed by atoms with E-state index in [0.29, 0.717) is 18.8 Å². The molecule has 2 N–H and O–H groups in total. The molecule has 1 heterocycles. The third-order valence-corrected chi connectivity index (χ3v) is 2.03. The van der Waals surface area contributed by atoms with Gasteiger partial charge in [0.15, 0.2) is 5.82 Å². The minimum Gasteiger partial charge on any atom is -0.470 e. The fraction of sp³-hybridized carbons (Fsp3) is 0.545. The Morgan fingerprint density at radius 3 is 2.94 bits per heavy atom. The van der Waals surface area contributed by atoms with Gasteiger partial charge < -0.3 is 15.2 Å². The van der Waals surface area contributed by atoms with Crippen LogP contribution < -0.4 is 10.5 Å². The quantitative estimate of drug-likeness (QED) is 0.801. The Balaban J connectivity index is 2.66. The highest BCUT2D eigenvalue weighted by molar-refractivity contribution is 5.23. The summed E-state index contributed by atoms with van der Waals surface area (Å²) in [5, 5.41) is 0. The Kier molecular flexibility index (Phi) is 5.14. The standard InChI is InChI=1S/C11H17FN2O2/c1-3-15-7-8(2)16-11-10(12)9(6-13)4-5-14-11/h4-5,8H,3,6-7,13H2,1-2H3. The second kappa shape index (κ2) is 6.40. The van der Waals surface area contributed by atoms with Crippen molar-refractivity contribution in [1.29, 1.82) is 0 Å². The molecule has 0 aromatic carbocycles. The molecule has 1 aromatic heterocycles. The molecule has 1 rings (SSSR count). The normalized spacial score (nSPS) is 12.5. The van der Waals surface area contributed by atoms with Gasteiger partial charge in [-0.3, -0.25) is 0 Å². The molecule has 90 valence electrons. The second-order valence-corrected chi connectivity index (χ2v) is 3.38. The maximum atomic E-state index is 13.6. The molecule has 0 spiro atoms. The number of ether oxygens (including phenoxy) is 2. The van der Waals surface area contributed by atoms with Crippen molar-refractivity contribution in [3.8, 4) is 5.88 Å². The second-order valence-electron chi connectivity index (χ2n) is 3.38. The first-order valence-electron chi connectivity index (χ1n) is 5.26. The number of hydrogen-bond donors (Lipinski definition) is 1. The molecule has 0 bridgehead atoms. The molecular weight excluding hydrogens is 211 g/mol. The number of rotatable bonds is 6. The summed E-state index contributed by atoms with van der Waals surface area (Å²) >= 11 is 0. The van der Waals surface area contributed by atoms with Crippen LogP contribution in [0, 0.1) is 5.82 Å². The van der Waals surface area contributed by atoms with Crippen molar-refractivity contribution >= 4 is 0 Å². The molecule has 0 aliphatic heterocycles. The monoisotopic (exact) mass is 228 g/mol. The van der Waals surface area contributed by atoms with Crippen LogP contribution in [0.2, 0.25) is 0 Å². The Hall–Kier alpha value is -1.20. The van der Waals surface area contributed by atoms with Crippen molar-refractivity contribution in [2.45, 2.75) is 26.5 Å². The third-order valence-electron chi connectivity index (χ3n) is 2.03. The lowest BCUT2D eigenvalue weighted by molar-refractivity contribution is 0.0609. The average molecular weight is 228 g/mol. The van der Waals surface area contributed by atoms with Gasteiger partial charge in [-0.25, -0.2) is 9.37 Å². The molecule has 0 aliphatic rings. The average Bonchev–Trinajstić information content (AvgIpc) is 2.29. The Morgan fingerprint density at radius 1 is 1.56 bits per heavy atom. The summed E-state index contributed by atoms with van der Waals surface area (Å²) in [6.45, 7) is 4.83. The zero-order valence-corrected chi connectivity index (χ0v) is 9.57. The molecule has 0 saturated carbocycles. The van der Waals surface area contributed by atoms with Gasteiger partial charge in [0, 0.05) is 24.9 Å². The van der Waals surface area contributed by atoms with E-state index in [-0.39, 0.29) is 18.5 Å². The topological polar surface area (TPSA) is 57.4 Å². The number of nitrogens with two attached hydrogens (primary N) is 1. The predicted octanol–water partition coefficient (Wildman–Crippen LogP) is 1.48. The van der Waals surface area contributed by atoms with Crippen LogP contribution in [-0.4, -0.2) is 24.3 Å². The van der Waals surface area contributed by atoms with Crippen molar-refractivity contribution in [2.75, 3.05) is 13.2 Å². The SMILES string of the molecule is CCOCC(C)Oc1nccc(CN)c1F.